The van der Waals surface area contributed by atoms with Crippen LogP contribution in [0, 0.1) is 6.92 Å². The van der Waals surface area contributed by atoms with E-state index in [1.54, 1.807) is 4.68 Å². The normalized spacial score (nSPS) is 35.8. The molecule has 3 aliphatic heterocycles. The molecule has 4 atom stereocenters. The van der Waals surface area contributed by atoms with Crippen LogP contribution in [0.5, 0.6) is 0 Å². The Morgan fingerprint density at radius 3 is 2.92 bits per heavy atom. The zero-order valence-corrected chi connectivity index (χ0v) is 13.8. The molecule has 2 aromatic rings. The lowest BCUT2D eigenvalue weighted by Gasteiger charge is -2.28. The van der Waals surface area contributed by atoms with Crippen LogP contribution in [-0.2, 0) is 26.4 Å². The summed E-state index contributed by atoms with van der Waals surface area (Å²) in [4.78, 5) is 0. The summed E-state index contributed by atoms with van der Waals surface area (Å²) in [6, 6.07) is 8.00. The molecule has 4 heterocycles. The third kappa shape index (κ3) is 1.75. The van der Waals surface area contributed by atoms with E-state index in [0.29, 0.717) is 17.9 Å². The number of aromatic nitrogens is 3. The molecule has 1 unspecified atom stereocenters. The zero-order chi connectivity index (χ0) is 16.7. The minimum absolute atomic E-state index is 0.435. The molecular formula is C17H19N3O4. The number of hydrogen-bond donors (Lipinski definition) is 1. The van der Waals surface area contributed by atoms with Crippen LogP contribution >= 0.6 is 0 Å². The minimum Gasteiger partial charge on any atom is -0.378 e. The van der Waals surface area contributed by atoms with Crippen LogP contribution in [0.15, 0.2) is 24.3 Å². The van der Waals surface area contributed by atoms with Crippen LogP contribution in [0.3, 0.4) is 0 Å². The van der Waals surface area contributed by atoms with Crippen molar-refractivity contribution < 1.29 is 19.3 Å². The molecule has 0 radical (unpaired) electrons. The molecule has 3 aliphatic rings. The van der Waals surface area contributed by atoms with Crippen LogP contribution in [0.2, 0.25) is 0 Å². The Morgan fingerprint density at radius 1 is 1.29 bits per heavy atom. The molecule has 126 valence electrons. The second-order valence-corrected chi connectivity index (χ2v) is 7.21. The second-order valence-electron chi connectivity index (χ2n) is 7.21. The first kappa shape index (κ1) is 14.5. The highest BCUT2D eigenvalue weighted by molar-refractivity contribution is 5.64. The summed E-state index contributed by atoms with van der Waals surface area (Å²) in [6.07, 6.45) is -1.62. The van der Waals surface area contributed by atoms with Gasteiger partial charge in [0.1, 0.15) is 23.6 Å². The summed E-state index contributed by atoms with van der Waals surface area (Å²) in [5.41, 5.74) is 2.04. The van der Waals surface area contributed by atoms with Gasteiger partial charge in [-0.2, -0.15) is 0 Å². The van der Waals surface area contributed by atoms with E-state index in [1.165, 1.54) is 0 Å². The standard InChI is InChI=1S/C17H19N3O4/c1-9-5-4-6-10(7-9)12-13-17(21)11(8-20(13)19-18-12)22-15-14(17)23-16(2,3)24-15/h4-7,11,14-15,21H,8H2,1-3H3/t11?,14-,15+,17-/m0/s1. The molecule has 0 saturated carbocycles. The molecule has 1 aromatic carbocycles. The van der Waals surface area contributed by atoms with Gasteiger partial charge in [-0.1, -0.05) is 29.0 Å². The van der Waals surface area contributed by atoms with Crippen molar-refractivity contribution in [1.82, 2.24) is 15.0 Å². The van der Waals surface area contributed by atoms with Gasteiger partial charge in [-0.05, 0) is 26.8 Å². The third-order valence-corrected chi connectivity index (χ3v) is 5.03. The number of nitrogens with zero attached hydrogens (tertiary/aromatic N) is 3. The highest BCUT2D eigenvalue weighted by Gasteiger charge is 2.68. The number of aliphatic hydroxyl groups is 1. The van der Waals surface area contributed by atoms with Gasteiger partial charge in [0.15, 0.2) is 17.7 Å². The summed E-state index contributed by atoms with van der Waals surface area (Å²) < 4.78 is 19.4. The van der Waals surface area contributed by atoms with Crippen LogP contribution in [0.25, 0.3) is 11.3 Å². The molecule has 24 heavy (non-hydrogen) atoms. The lowest BCUT2D eigenvalue weighted by molar-refractivity contribution is -0.228. The average molecular weight is 329 g/mol. The van der Waals surface area contributed by atoms with Crippen molar-refractivity contribution in [3.63, 3.8) is 0 Å². The smallest absolute Gasteiger partial charge is 0.191 e. The lowest BCUT2D eigenvalue weighted by atomic mass is 9.89. The van der Waals surface area contributed by atoms with Crippen molar-refractivity contribution in [1.29, 1.82) is 0 Å². The van der Waals surface area contributed by atoms with Crippen LogP contribution in [0.1, 0.15) is 25.1 Å². The predicted molar refractivity (Wildman–Crippen MR) is 82.8 cm³/mol. The van der Waals surface area contributed by atoms with Crippen LogP contribution in [-0.4, -0.2) is 44.4 Å². The largest absolute Gasteiger partial charge is 0.378 e. The van der Waals surface area contributed by atoms with Gasteiger partial charge >= 0.3 is 0 Å². The Balaban J connectivity index is 1.65. The molecule has 2 saturated heterocycles. The predicted octanol–water partition coefficient (Wildman–Crippen LogP) is 1.33. The van der Waals surface area contributed by atoms with E-state index in [0.717, 1.165) is 11.1 Å². The van der Waals surface area contributed by atoms with E-state index in [-0.39, 0.29) is 0 Å². The molecular weight excluding hydrogens is 310 g/mol. The van der Waals surface area contributed by atoms with Gasteiger partial charge in [-0.15, -0.1) is 5.10 Å². The number of fused-ring (bicyclic) bond motifs is 5. The maximum atomic E-state index is 11.6. The minimum atomic E-state index is -1.32. The van der Waals surface area contributed by atoms with E-state index < -0.39 is 29.9 Å². The fourth-order valence-corrected chi connectivity index (χ4v) is 4.03. The molecule has 2 fully saturated rings. The van der Waals surface area contributed by atoms with Gasteiger partial charge in [-0.25, -0.2) is 4.68 Å². The van der Waals surface area contributed by atoms with Gasteiger partial charge in [0.25, 0.3) is 0 Å². The van der Waals surface area contributed by atoms with E-state index in [1.807, 2.05) is 45.0 Å². The van der Waals surface area contributed by atoms with Crippen molar-refractivity contribution in [2.45, 2.75) is 57.2 Å². The van der Waals surface area contributed by atoms with Gasteiger partial charge in [-0.3, -0.25) is 0 Å². The number of aryl methyl sites for hydroxylation is 1. The molecule has 7 heteroatoms. The fourth-order valence-electron chi connectivity index (χ4n) is 4.03. The zero-order valence-electron chi connectivity index (χ0n) is 13.8. The number of hydrogen-bond acceptors (Lipinski definition) is 6. The fraction of sp³-hybridized carbons (Fsp3) is 0.529. The van der Waals surface area contributed by atoms with Crippen LogP contribution in [0.4, 0.5) is 0 Å². The van der Waals surface area contributed by atoms with Crippen LogP contribution < -0.4 is 0 Å². The number of rotatable bonds is 1. The Bertz CT molecular complexity index is 833. The highest BCUT2D eigenvalue weighted by Crippen LogP contribution is 2.52. The van der Waals surface area contributed by atoms with Crippen molar-refractivity contribution in [3.8, 4) is 11.3 Å². The molecule has 0 amide bonds. The summed E-state index contributed by atoms with van der Waals surface area (Å²) in [7, 11) is 0. The van der Waals surface area contributed by atoms with Crippen molar-refractivity contribution >= 4 is 0 Å². The van der Waals surface area contributed by atoms with E-state index >= 15 is 0 Å². The Labute approximate surface area is 139 Å². The van der Waals surface area contributed by atoms with E-state index in [4.69, 9.17) is 14.2 Å². The summed E-state index contributed by atoms with van der Waals surface area (Å²) >= 11 is 0. The number of benzene rings is 1. The maximum absolute atomic E-state index is 11.6. The average Bonchev–Trinajstić information content (AvgIpc) is 3.18. The molecule has 1 aromatic heterocycles. The Hall–Kier alpha value is -1.80. The molecule has 0 aliphatic carbocycles. The third-order valence-electron chi connectivity index (χ3n) is 5.03. The van der Waals surface area contributed by atoms with Crippen molar-refractivity contribution in [3.05, 3.63) is 35.5 Å². The molecule has 0 spiro atoms. The summed E-state index contributed by atoms with van der Waals surface area (Å²) in [5, 5.41) is 20.1. The first-order valence-electron chi connectivity index (χ1n) is 8.13. The van der Waals surface area contributed by atoms with Gasteiger partial charge in [0, 0.05) is 5.56 Å². The molecule has 7 nitrogen and oxygen atoms in total. The first-order chi connectivity index (χ1) is 11.4. The molecule has 0 bridgehead atoms. The van der Waals surface area contributed by atoms with Gasteiger partial charge < -0.3 is 19.3 Å². The topological polar surface area (TPSA) is 78.6 Å². The SMILES string of the molecule is Cc1cccc(-c2nnn3c2[C@@]2(O)C(C3)O[C@@H]3OC(C)(C)O[C@@H]32)c1. The monoisotopic (exact) mass is 329 g/mol. The molecule has 5 rings (SSSR count). The van der Waals surface area contributed by atoms with Gasteiger partial charge in [0.2, 0.25) is 0 Å². The quantitative estimate of drug-likeness (QED) is 0.850. The van der Waals surface area contributed by atoms with E-state index in [9.17, 15) is 5.11 Å². The number of ether oxygens (including phenoxy) is 3. The summed E-state index contributed by atoms with van der Waals surface area (Å²) in [5.74, 6) is -0.791. The van der Waals surface area contributed by atoms with E-state index in [2.05, 4.69) is 10.3 Å². The summed E-state index contributed by atoms with van der Waals surface area (Å²) in [6.45, 7) is 6.10. The maximum Gasteiger partial charge on any atom is 0.191 e. The highest BCUT2D eigenvalue weighted by atomic mass is 16.8. The Morgan fingerprint density at radius 2 is 2.12 bits per heavy atom. The Kier molecular flexibility index (Phi) is 2.68. The first-order valence-corrected chi connectivity index (χ1v) is 8.13. The van der Waals surface area contributed by atoms with Crippen molar-refractivity contribution in [2.24, 2.45) is 0 Å². The van der Waals surface area contributed by atoms with Crippen molar-refractivity contribution in [2.75, 3.05) is 0 Å². The lowest BCUT2D eigenvalue weighted by Crippen LogP contribution is -2.44. The molecule has 1 N–H and O–H groups in total. The second kappa shape index (κ2) is 4.43. The van der Waals surface area contributed by atoms with Gasteiger partial charge in [0.05, 0.1) is 6.54 Å².